The number of carbonyl (C=O) groups excluding carboxylic acids is 3. The van der Waals surface area contributed by atoms with Gasteiger partial charge < -0.3 is 14.6 Å². The van der Waals surface area contributed by atoms with Crippen LogP contribution in [0.25, 0.3) is 12.0 Å². The first-order chi connectivity index (χ1) is 21.3. The number of esters is 2. The first kappa shape index (κ1) is 32.3. The second kappa shape index (κ2) is 11.3. The number of Topliss-reactive ketones (excluding diaryl/α,β-unsaturated/α-hetero) is 1. The number of aliphatic hydroxyl groups excluding tert-OH is 1. The van der Waals surface area contributed by atoms with Gasteiger partial charge in [-0.2, -0.15) is 9.78 Å². The molecule has 1 N–H and O–H groups in total. The smallest absolute Gasteiger partial charge is 0.306 e. The molecule has 0 saturated heterocycles. The molecule has 0 bridgehead atoms. The molecule has 0 aromatic carbocycles. The van der Waals surface area contributed by atoms with Crippen molar-refractivity contribution in [1.29, 1.82) is 0 Å². The molecule has 0 aliphatic heterocycles. The van der Waals surface area contributed by atoms with Crippen LogP contribution in [0.2, 0.25) is 0 Å². The van der Waals surface area contributed by atoms with Crippen LogP contribution in [0.5, 0.6) is 0 Å². The van der Waals surface area contributed by atoms with Crippen molar-refractivity contribution in [1.82, 2.24) is 19.7 Å². The summed E-state index contributed by atoms with van der Waals surface area (Å²) in [5.41, 5.74) is -0.0367. The van der Waals surface area contributed by atoms with Crippen LogP contribution < -0.4 is 0 Å². The second-order valence-electron chi connectivity index (χ2n) is 13.6. The average molecular weight is 704 g/mol. The molecule has 8 atom stereocenters. The predicted octanol–water partition coefficient (Wildman–Crippen LogP) is 5.40. The Bertz CT molecular complexity index is 1580. The number of ketones is 1. The third-order valence-corrected chi connectivity index (χ3v) is 12.9. The number of carbonyl (C=O) groups is 3. The molecule has 2 aromatic heterocycles. The van der Waals surface area contributed by atoms with Gasteiger partial charge in [0.1, 0.15) is 0 Å². The Morgan fingerprint density at radius 2 is 1.80 bits per heavy atom. The average Bonchev–Trinajstić information content (AvgIpc) is 3.51. The lowest BCUT2D eigenvalue weighted by Crippen LogP contribution is -2.70. The molecule has 4 aliphatic rings. The van der Waals surface area contributed by atoms with Gasteiger partial charge in [0.25, 0.3) is 5.95 Å². The first-order valence-electron chi connectivity index (χ1n) is 15.8. The lowest BCUT2D eigenvalue weighted by molar-refractivity contribution is -0.204. The van der Waals surface area contributed by atoms with Crippen LogP contribution >= 0.6 is 27.5 Å². The highest BCUT2D eigenvalue weighted by Crippen LogP contribution is 2.72. The van der Waals surface area contributed by atoms with Crippen molar-refractivity contribution in [2.75, 3.05) is 6.61 Å². The molecule has 4 aliphatic carbocycles. The van der Waals surface area contributed by atoms with Gasteiger partial charge in [-0.25, -0.2) is 9.97 Å². The fraction of sp³-hybridized carbons (Fsp3) is 0.636. The lowest BCUT2D eigenvalue weighted by Gasteiger charge is -2.64. The molecule has 0 unspecified atom stereocenters. The van der Waals surface area contributed by atoms with Gasteiger partial charge in [-0.3, -0.25) is 14.4 Å². The van der Waals surface area contributed by atoms with E-state index < -0.39 is 51.7 Å². The summed E-state index contributed by atoms with van der Waals surface area (Å²) in [5.74, 6) is -1.63. The van der Waals surface area contributed by atoms with Crippen molar-refractivity contribution in [3.05, 3.63) is 39.9 Å². The summed E-state index contributed by atoms with van der Waals surface area (Å²) in [6, 6.07) is 0. The van der Waals surface area contributed by atoms with Crippen molar-refractivity contribution >= 4 is 51.3 Å². The van der Waals surface area contributed by atoms with Gasteiger partial charge in [-0.05, 0) is 71.5 Å². The highest BCUT2D eigenvalue weighted by atomic mass is 79.9. The van der Waals surface area contributed by atoms with Gasteiger partial charge in [-0.15, -0.1) is 11.6 Å². The molecule has 2 aromatic rings. The summed E-state index contributed by atoms with van der Waals surface area (Å²) in [6.07, 6.45) is 9.31. The number of aromatic nitrogens is 4. The van der Waals surface area contributed by atoms with E-state index >= 15 is 0 Å². The fourth-order valence-corrected chi connectivity index (χ4v) is 10.2. The predicted molar refractivity (Wildman–Crippen MR) is 169 cm³/mol. The number of aliphatic hydroxyl groups is 1. The van der Waals surface area contributed by atoms with Gasteiger partial charge in [0.2, 0.25) is 5.78 Å². The van der Waals surface area contributed by atoms with Crippen LogP contribution in [0.15, 0.2) is 28.6 Å². The Balaban J connectivity index is 1.39. The number of allylic oxidation sites excluding steroid dienone is 1. The Morgan fingerprint density at radius 3 is 2.47 bits per heavy atom. The number of hydrogen-bond donors (Lipinski definition) is 1. The monoisotopic (exact) mass is 702 g/mol. The highest BCUT2D eigenvalue weighted by molar-refractivity contribution is 9.10. The zero-order chi connectivity index (χ0) is 32.5. The molecule has 0 amide bonds. The standard InChI is InChI=1S/C33H40BrClN4O6/c1-6-27(42)44-17-26(41)33(45-28(43)7-2)18(3)10-23-22-9-8-20-11-24-19(14-38-39(24)29-36-15-21(34)16-37-29)12-30(20,4)32(22,35)25(40)13-31(23,33)5/h11,14-16,18,22-23,25,40H,6-10,12-13,17H2,1-5H3/t18-,22-,23-,25-,30-,31-,32-,33-/m0/s1. The molecule has 10 nitrogen and oxygen atoms in total. The van der Waals surface area contributed by atoms with E-state index in [1.165, 1.54) is 0 Å². The first-order valence-corrected chi connectivity index (χ1v) is 17.0. The minimum Gasteiger partial charge on any atom is -0.457 e. The zero-order valence-electron chi connectivity index (χ0n) is 26.3. The third-order valence-electron chi connectivity index (χ3n) is 11.5. The number of fused-ring (bicyclic) bond motifs is 6. The number of nitrogens with zero attached hydrogens (tertiary/aromatic N) is 4. The maximum atomic E-state index is 14.1. The van der Waals surface area contributed by atoms with E-state index in [4.69, 9.17) is 21.1 Å². The Labute approximate surface area is 276 Å². The summed E-state index contributed by atoms with van der Waals surface area (Å²) >= 11 is 11.2. The van der Waals surface area contributed by atoms with Gasteiger partial charge in [0, 0.05) is 42.0 Å². The minimum atomic E-state index is -1.56. The van der Waals surface area contributed by atoms with Gasteiger partial charge in [0.15, 0.2) is 12.2 Å². The van der Waals surface area contributed by atoms with Crippen LogP contribution in [0.3, 0.4) is 0 Å². The van der Waals surface area contributed by atoms with E-state index in [0.717, 1.165) is 27.7 Å². The quantitative estimate of drug-likeness (QED) is 0.297. The summed E-state index contributed by atoms with van der Waals surface area (Å²) in [6.45, 7) is 8.89. The Kier molecular flexibility index (Phi) is 8.09. The van der Waals surface area contributed by atoms with Crippen molar-refractivity contribution in [3.8, 4) is 5.95 Å². The topological polar surface area (TPSA) is 134 Å². The Morgan fingerprint density at radius 1 is 1.11 bits per heavy atom. The molecule has 242 valence electrons. The number of halogens is 2. The van der Waals surface area contributed by atoms with Crippen molar-refractivity contribution in [2.24, 2.45) is 28.6 Å². The molecule has 3 fully saturated rings. The summed E-state index contributed by atoms with van der Waals surface area (Å²) in [5, 5.41) is 16.9. The summed E-state index contributed by atoms with van der Waals surface area (Å²) in [4.78, 5) is 46.9. The van der Waals surface area contributed by atoms with Crippen LogP contribution in [0, 0.1) is 28.6 Å². The lowest BCUT2D eigenvalue weighted by atomic mass is 9.44. The SMILES string of the molecule is CCC(=O)OCC(=O)[C@@]1(OC(=O)CC)[C@@H](C)C[C@H]2[C@@H]3CCC4=Cc5c(cnn5-c5ncc(Br)cn5)C[C@]4(C)[C@@]3(Cl)[C@@H](O)C[C@@]21C. The molecular formula is C33H40BrClN4O6. The van der Waals surface area contributed by atoms with Gasteiger partial charge in [0.05, 0.1) is 27.3 Å². The molecular weight excluding hydrogens is 664 g/mol. The third kappa shape index (κ3) is 4.50. The fourth-order valence-electron chi connectivity index (χ4n) is 9.42. The molecule has 2 heterocycles. The van der Waals surface area contributed by atoms with Crippen molar-refractivity contribution in [2.45, 2.75) is 96.1 Å². The van der Waals surface area contributed by atoms with Crippen LogP contribution in [-0.2, 0) is 30.3 Å². The number of ether oxygens (including phenoxy) is 2. The van der Waals surface area contributed by atoms with Crippen molar-refractivity contribution in [3.63, 3.8) is 0 Å². The summed E-state index contributed by atoms with van der Waals surface area (Å²) in [7, 11) is 0. The number of alkyl halides is 1. The second-order valence-corrected chi connectivity index (χ2v) is 15.2. The highest BCUT2D eigenvalue weighted by Gasteiger charge is 2.76. The van der Waals surface area contributed by atoms with E-state index in [1.54, 1.807) is 30.9 Å². The molecule has 0 radical (unpaired) electrons. The number of hydrogen-bond acceptors (Lipinski definition) is 9. The molecule has 6 rings (SSSR count). The maximum absolute atomic E-state index is 14.1. The molecule has 0 spiro atoms. The molecule has 12 heteroatoms. The van der Waals surface area contributed by atoms with Crippen LogP contribution in [0.4, 0.5) is 0 Å². The van der Waals surface area contributed by atoms with E-state index in [9.17, 15) is 19.5 Å². The number of rotatable bonds is 7. The largest absolute Gasteiger partial charge is 0.457 e. The molecule has 3 saturated carbocycles. The van der Waals surface area contributed by atoms with E-state index in [0.29, 0.717) is 25.2 Å². The minimum absolute atomic E-state index is 0.0935. The van der Waals surface area contributed by atoms with Crippen LogP contribution in [0.1, 0.15) is 84.4 Å². The van der Waals surface area contributed by atoms with E-state index in [-0.39, 0.29) is 37.0 Å². The van der Waals surface area contributed by atoms with E-state index in [2.05, 4.69) is 44.0 Å². The van der Waals surface area contributed by atoms with Gasteiger partial charge >= 0.3 is 11.9 Å². The van der Waals surface area contributed by atoms with E-state index in [1.807, 2.05) is 20.0 Å². The van der Waals surface area contributed by atoms with Crippen LogP contribution in [-0.4, -0.2) is 65.8 Å². The van der Waals surface area contributed by atoms with Crippen molar-refractivity contribution < 1.29 is 29.0 Å². The maximum Gasteiger partial charge on any atom is 0.306 e. The molecule has 45 heavy (non-hydrogen) atoms. The van der Waals surface area contributed by atoms with Gasteiger partial charge in [-0.1, -0.05) is 40.2 Å². The summed E-state index contributed by atoms with van der Waals surface area (Å²) < 4.78 is 14.0. The zero-order valence-corrected chi connectivity index (χ0v) is 28.7. The normalized spacial score (nSPS) is 36.6. The Hall–Kier alpha value is -2.63.